The zero-order valence-corrected chi connectivity index (χ0v) is 11.1. The second kappa shape index (κ2) is 7.69. The highest BCUT2D eigenvalue weighted by Crippen LogP contribution is 2.12. The van der Waals surface area contributed by atoms with Gasteiger partial charge in [-0.3, -0.25) is 4.79 Å². The van der Waals surface area contributed by atoms with Crippen LogP contribution in [0.4, 0.5) is 4.79 Å². The highest BCUT2D eigenvalue weighted by molar-refractivity contribution is 5.80. The number of carboxylic acids is 1. The number of nitrogens with zero attached hydrogens (tertiary/aromatic N) is 1. The quantitative estimate of drug-likeness (QED) is 0.757. The van der Waals surface area contributed by atoms with E-state index < -0.39 is 18.5 Å². The first-order chi connectivity index (χ1) is 9.56. The number of rotatable bonds is 6. The summed E-state index contributed by atoms with van der Waals surface area (Å²) in [5.74, 6) is 1.82. The van der Waals surface area contributed by atoms with Crippen molar-refractivity contribution < 1.29 is 19.4 Å². The third-order valence-electron chi connectivity index (χ3n) is 2.47. The van der Waals surface area contributed by atoms with E-state index in [0.717, 1.165) is 10.5 Å². The summed E-state index contributed by atoms with van der Waals surface area (Å²) in [5, 5.41) is 11.3. The predicted molar refractivity (Wildman–Crippen MR) is 73.3 cm³/mol. The molecule has 6 heteroatoms. The molecule has 0 heterocycles. The fraction of sp³-hybridized carbons (Fsp3) is 0.286. The molecule has 0 atom stereocenters. The number of ether oxygens (including phenoxy) is 1. The number of hydrogen-bond acceptors (Lipinski definition) is 3. The van der Waals surface area contributed by atoms with Gasteiger partial charge in [-0.05, 0) is 17.7 Å². The number of carboxylic acid groups (broad SMARTS) is 1. The summed E-state index contributed by atoms with van der Waals surface area (Å²) in [6.07, 6.45) is 5.11. The van der Waals surface area contributed by atoms with Gasteiger partial charge in [0.25, 0.3) is 0 Å². The van der Waals surface area contributed by atoms with Crippen LogP contribution in [0.2, 0.25) is 0 Å². The van der Waals surface area contributed by atoms with Gasteiger partial charge in [0.2, 0.25) is 0 Å². The van der Waals surface area contributed by atoms with Gasteiger partial charge in [0.05, 0.1) is 13.7 Å². The van der Waals surface area contributed by atoms with E-state index in [4.69, 9.17) is 16.3 Å². The van der Waals surface area contributed by atoms with Crippen LogP contribution in [0.5, 0.6) is 5.75 Å². The Morgan fingerprint density at radius 1 is 1.50 bits per heavy atom. The minimum atomic E-state index is -1.11. The van der Waals surface area contributed by atoms with E-state index in [0.29, 0.717) is 5.75 Å². The van der Waals surface area contributed by atoms with Gasteiger partial charge >= 0.3 is 12.0 Å². The Kier molecular flexibility index (Phi) is 5.91. The van der Waals surface area contributed by atoms with Gasteiger partial charge < -0.3 is 20.1 Å². The van der Waals surface area contributed by atoms with E-state index in [9.17, 15) is 9.59 Å². The number of aliphatic carboxylic acids is 1. The van der Waals surface area contributed by atoms with E-state index in [2.05, 4.69) is 11.2 Å². The first-order valence-corrected chi connectivity index (χ1v) is 5.87. The summed E-state index contributed by atoms with van der Waals surface area (Å²) in [5.41, 5.74) is 0.841. The lowest BCUT2D eigenvalue weighted by Crippen LogP contribution is -2.42. The number of terminal acetylenes is 1. The Labute approximate surface area is 117 Å². The number of hydrogen-bond donors (Lipinski definition) is 2. The summed E-state index contributed by atoms with van der Waals surface area (Å²) in [6, 6.07) is 6.68. The third kappa shape index (κ3) is 4.90. The second-order valence-electron chi connectivity index (χ2n) is 3.96. The van der Waals surface area contributed by atoms with Gasteiger partial charge in [-0.2, -0.15) is 0 Å². The van der Waals surface area contributed by atoms with Crippen molar-refractivity contribution in [1.29, 1.82) is 0 Å². The van der Waals surface area contributed by atoms with Crippen molar-refractivity contribution in [2.45, 2.75) is 6.54 Å². The fourth-order valence-electron chi connectivity index (χ4n) is 1.54. The van der Waals surface area contributed by atoms with E-state index in [1.807, 2.05) is 6.07 Å². The van der Waals surface area contributed by atoms with Crippen molar-refractivity contribution >= 4 is 12.0 Å². The third-order valence-corrected chi connectivity index (χ3v) is 2.47. The highest BCUT2D eigenvalue weighted by Gasteiger charge is 2.15. The van der Waals surface area contributed by atoms with Crippen LogP contribution < -0.4 is 10.1 Å². The topological polar surface area (TPSA) is 78.9 Å². The molecule has 20 heavy (non-hydrogen) atoms. The largest absolute Gasteiger partial charge is 0.497 e. The van der Waals surface area contributed by atoms with Crippen molar-refractivity contribution in [2.75, 3.05) is 20.2 Å². The van der Waals surface area contributed by atoms with Crippen LogP contribution in [0.1, 0.15) is 5.56 Å². The Morgan fingerprint density at radius 2 is 2.25 bits per heavy atom. The van der Waals surface area contributed by atoms with Crippen LogP contribution >= 0.6 is 0 Å². The van der Waals surface area contributed by atoms with Crippen molar-refractivity contribution in [2.24, 2.45) is 0 Å². The summed E-state index contributed by atoms with van der Waals surface area (Å²) < 4.78 is 5.07. The average molecular weight is 276 g/mol. The van der Waals surface area contributed by atoms with Crippen LogP contribution in [-0.2, 0) is 11.3 Å². The molecule has 2 amide bonds. The molecular weight excluding hydrogens is 260 g/mol. The van der Waals surface area contributed by atoms with Gasteiger partial charge in [0, 0.05) is 6.54 Å². The molecule has 6 nitrogen and oxygen atoms in total. The first kappa shape index (κ1) is 15.4. The number of amides is 2. The molecule has 0 radical (unpaired) electrons. The molecule has 0 saturated carbocycles. The molecular formula is C14H16N2O4. The lowest BCUT2D eigenvalue weighted by atomic mass is 10.2. The smallest absolute Gasteiger partial charge is 0.323 e. The summed E-state index contributed by atoms with van der Waals surface area (Å²) in [7, 11) is 1.55. The van der Waals surface area contributed by atoms with Crippen molar-refractivity contribution in [1.82, 2.24) is 10.2 Å². The number of methoxy groups -OCH3 is 1. The lowest BCUT2D eigenvalue weighted by Gasteiger charge is -2.18. The number of urea groups is 1. The van der Waals surface area contributed by atoms with Crippen LogP contribution in [0.25, 0.3) is 0 Å². The van der Waals surface area contributed by atoms with Crippen molar-refractivity contribution in [3.8, 4) is 18.1 Å². The van der Waals surface area contributed by atoms with Gasteiger partial charge in [-0.25, -0.2) is 4.79 Å². The van der Waals surface area contributed by atoms with Crippen LogP contribution in [0, 0.1) is 12.3 Å². The van der Waals surface area contributed by atoms with E-state index in [-0.39, 0.29) is 13.1 Å². The Hall–Kier alpha value is -2.68. The molecule has 0 spiro atoms. The average Bonchev–Trinajstić information content (AvgIpc) is 2.44. The summed E-state index contributed by atoms with van der Waals surface area (Å²) in [4.78, 5) is 23.5. The molecule has 0 bridgehead atoms. The van der Waals surface area contributed by atoms with Gasteiger partial charge in [0.1, 0.15) is 12.3 Å². The number of benzene rings is 1. The maximum atomic E-state index is 11.8. The van der Waals surface area contributed by atoms with Gasteiger partial charge in [-0.1, -0.05) is 18.1 Å². The minimum absolute atomic E-state index is 0.0593. The maximum Gasteiger partial charge on any atom is 0.323 e. The van der Waals surface area contributed by atoms with Crippen molar-refractivity contribution in [3.05, 3.63) is 29.8 Å². The van der Waals surface area contributed by atoms with E-state index in [1.54, 1.807) is 25.3 Å². The number of carbonyl (C=O) groups excluding carboxylic acids is 1. The van der Waals surface area contributed by atoms with Crippen molar-refractivity contribution in [3.63, 3.8) is 0 Å². The van der Waals surface area contributed by atoms with Gasteiger partial charge in [-0.15, -0.1) is 6.42 Å². The molecule has 1 rings (SSSR count). The molecule has 2 N–H and O–H groups in total. The Morgan fingerprint density at radius 3 is 2.85 bits per heavy atom. The van der Waals surface area contributed by atoms with Gasteiger partial charge in [0.15, 0.2) is 0 Å². The van der Waals surface area contributed by atoms with E-state index >= 15 is 0 Å². The Bertz CT molecular complexity index is 522. The molecule has 0 aliphatic heterocycles. The molecule has 0 aromatic heterocycles. The Balaban J connectivity index is 2.59. The van der Waals surface area contributed by atoms with Crippen LogP contribution in [0.15, 0.2) is 24.3 Å². The molecule has 0 fully saturated rings. The standard InChI is InChI=1S/C14H16N2O4/c1-3-7-16(10-13(17)18)14(19)15-9-11-5-4-6-12(8-11)20-2/h1,4-6,8H,7,9-10H2,2H3,(H,15,19)(H,17,18). The molecule has 0 unspecified atom stereocenters. The predicted octanol–water partition coefficient (Wildman–Crippen LogP) is 0.925. The van der Waals surface area contributed by atoms with Crippen LogP contribution in [-0.4, -0.2) is 42.2 Å². The molecule has 1 aromatic rings. The molecule has 1 aromatic carbocycles. The molecule has 106 valence electrons. The number of carbonyl (C=O) groups is 2. The summed E-state index contributed by atoms with van der Waals surface area (Å²) >= 11 is 0. The SMILES string of the molecule is C#CCN(CC(=O)O)C(=O)NCc1cccc(OC)c1. The second-order valence-corrected chi connectivity index (χ2v) is 3.96. The maximum absolute atomic E-state index is 11.8. The monoisotopic (exact) mass is 276 g/mol. The first-order valence-electron chi connectivity index (χ1n) is 5.87. The molecule has 0 aliphatic carbocycles. The summed E-state index contributed by atoms with van der Waals surface area (Å²) in [6.45, 7) is -0.235. The number of nitrogens with one attached hydrogen (secondary N) is 1. The molecule has 0 aliphatic rings. The lowest BCUT2D eigenvalue weighted by molar-refractivity contribution is -0.137. The molecule has 0 saturated heterocycles. The fourth-order valence-corrected chi connectivity index (χ4v) is 1.54. The normalized spacial score (nSPS) is 9.40. The van der Waals surface area contributed by atoms with E-state index in [1.165, 1.54) is 0 Å². The zero-order chi connectivity index (χ0) is 15.0. The highest BCUT2D eigenvalue weighted by atomic mass is 16.5. The minimum Gasteiger partial charge on any atom is -0.497 e. The van der Waals surface area contributed by atoms with Crippen LogP contribution in [0.3, 0.4) is 0 Å². The zero-order valence-electron chi connectivity index (χ0n) is 11.1.